The molecule has 0 saturated carbocycles. The van der Waals surface area contributed by atoms with E-state index >= 15 is 0 Å². The first-order chi connectivity index (χ1) is 15.1. The van der Waals surface area contributed by atoms with E-state index in [-0.39, 0.29) is 18.1 Å². The molecule has 4 atom stereocenters. The Bertz CT molecular complexity index is 761. The fraction of sp³-hybridized carbons (Fsp3) is 0.632. The predicted molar refractivity (Wildman–Crippen MR) is 125 cm³/mol. The summed E-state index contributed by atoms with van der Waals surface area (Å²) in [4.78, 5) is 56.1. The van der Waals surface area contributed by atoms with Crippen molar-refractivity contribution < 1.29 is 24.3 Å². The monoisotopic (exact) mass is 488 g/mol. The number of rotatable bonds is 14. The molecule has 11 nitrogen and oxygen atoms in total. The highest BCUT2D eigenvalue weighted by atomic mass is 32.2. The number of thioether (sulfide) groups is 1. The largest absolute Gasteiger partial charge is 0.480 e. The van der Waals surface area contributed by atoms with Crippen LogP contribution >= 0.6 is 24.4 Å². The first kappa shape index (κ1) is 27.8. The van der Waals surface area contributed by atoms with E-state index in [4.69, 9.17) is 5.73 Å². The number of thiol groups is 1. The summed E-state index contributed by atoms with van der Waals surface area (Å²) in [6.07, 6.45) is 5.09. The minimum Gasteiger partial charge on any atom is -0.480 e. The van der Waals surface area contributed by atoms with Crippen molar-refractivity contribution in [1.29, 1.82) is 0 Å². The van der Waals surface area contributed by atoms with Crippen LogP contribution < -0.4 is 21.7 Å². The quantitative estimate of drug-likeness (QED) is 0.166. The van der Waals surface area contributed by atoms with E-state index in [0.717, 1.165) is 0 Å². The number of nitrogens with one attached hydrogen (secondary N) is 4. The maximum Gasteiger partial charge on any atom is 0.326 e. The number of hydrogen-bond acceptors (Lipinski definition) is 8. The molecule has 13 heteroatoms. The molecule has 0 saturated heterocycles. The van der Waals surface area contributed by atoms with Crippen LogP contribution in [0.25, 0.3) is 0 Å². The van der Waals surface area contributed by atoms with Gasteiger partial charge < -0.3 is 31.8 Å². The molecule has 0 bridgehead atoms. The highest BCUT2D eigenvalue weighted by Crippen LogP contribution is 2.08. The molecule has 4 unspecified atom stereocenters. The van der Waals surface area contributed by atoms with Crippen LogP contribution in [0.5, 0.6) is 0 Å². The van der Waals surface area contributed by atoms with Crippen molar-refractivity contribution in [2.24, 2.45) is 11.7 Å². The Balaban J connectivity index is 2.90. The van der Waals surface area contributed by atoms with E-state index in [1.165, 1.54) is 24.3 Å². The molecule has 0 spiro atoms. The smallest absolute Gasteiger partial charge is 0.326 e. The maximum absolute atomic E-state index is 12.9. The molecule has 1 rings (SSSR count). The number of hydrogen-bond donors (Lipinski definition) is 7. The van der Waals surface area contributed by atoms with Gasteiger partial charge in [0.1, 0.15) is 18.1 Å². The Morgan fingerprint density at radius 2 is 1.81 bits per heavy atom. The lowest BCUT2D eigenvalue weighted by atomic mass is 10.0. The summed E-state index contributed by atoms with van der Waals surface area (Å²) in [6.45, 7) is 3.45. The second-order valence-electron chi connectivity index (χ2n) is 7.54. The lowest BCUT2D eigenvalue weighted by Crippen LogP contribution is -2.58. The van der Waals surface area contributed by atoms with Crippen LogP contribution in [0.2, 0.25) is 0 Å². The molecule has 1 heterocycles. The van der Waals surface area contributed by atoms with Gasteiger partial charge in [-0.3, -0.25) is 14.4 Å². The lowest BCUT2D eigenvalue weighted by molar-refractivity contribution is -0.142. The number of carbonyl (C=O) groups excluding carboxylic acids is 3. The molecule has 0 aliphatic rings. The highest BCUT2D eigenvalue weighted by molar-refractivity contribution is 7.98. The number of amides is 3. The van der Waals surface area contributed by atoms with Gasteiger partial charge in [-0.2, -0.15) is 24.4 Å². The van der Waals surface area contributed by atoms with Crippen LogP contribution in [0.3, 0.4) is 0 Å². The SMILES string of the molecule is CSCCC(NC(=O)C(N)CS)C(=O)NC(C(=O)NC(Cc1cnc[nH]1)C(=O)O)C(C)C. The molecule has 180 valence electrons. The average Bonchev–Trinajstić information content (AvgIpc) is 3.26. The summed E-state index contributed by atoms with van der Waals surface area (Å²) in [5, 5.41) is 17.2. The van der Waals surface area contributed by atoms with E-state index in [0.29, 0.717) is 17.9 Å². The van der Waals surface area contributed by atoms with Crippen molar-refractivity contribution in [3.05, 3.63) is 18.2 Å². The van der Waals surface area contributed by atoms with Gasteiger partial charge in [-0.15, -0.1) is 0 Å². The van der Waals surface area contributed by atoms with Crippen molar-refractivity contribution in [3.63, 3.8) is 0 Å². The van der Waals surface area contributed by atoms with Gasteiger partial charge in [0, 0.05) is 24.1 Å². The van der Waals surface area contributed by atoms with Crippen molar-refractivity contribution in [2.45, 2.75) is 50.9 Å². The molecule has 0 radical (unpaired) electrons. The minimum absolute atomic E-state index is 0.00779. The molecule has 0 aliphatic heterocycles. The summed E-state index contributed by atoms with van der Waals surface area (Å²) in [7, 11) is 0. The molecule has 32 heavy (non-hydrogen) atoms. The lowest BCUT2D eigenvalue weighted by Gasteiger charge is -2.27. The van der Waals surface area contributed by atoms with Crippen LogP contribution in [0.1, 0.15) is 26.0 Å². The fourth-order valence-electron chi connectivity index (χ4n) is 2.73. The summed E-state index contributed by atoms with van der Waals surface area (Å²) < 4.78 is 0. The van der Waals surface area contributed by atoms with Crippen molar-refractivity contribution in [1.82, 2.24) is 25.9 Å². The van der Waals surface area contributed by atoms with E-state index in [1.54, 1.807) is 13.8 Å². The first-order valence-corrected chi connectivity index (χ1v) is 12.1. The average molecular weight is 489 g/mol. The van der Waals surface area contributed by atoms with Gasteiger partial charge in [-0.1, -0.05) is 13.8 Å². The Morgan fingerprint density at radius 1 is 1.16 bits per heavy atom. The summed E-state index contributed by atoms with van der Waals surface area (Å²) >= 11 is 5.49. The number of aromatic nitrogens is 2. The normalized spacial score (nSPS) is 14.8. The van der Waals surface area contributed by atoms with Gasteiger partial charge in [0.05, 0.1) is 12.4 Å². The molecule has 1 aromatic heterocycles. The number of nitrogens with zero attached hydrogens (tertiary/aromatic N) is 1. The van der Waals surface area contributed by atoms with Gasteiger partial charge in [0.2, 0.25) is 17.7 Å². The zero-order valence-corrected chi connectivity index (χ0v) is 20.0. The molecular weight excluding hydrogens is 456 g/mol. The predicted octanol–water partition coefficient (Wildman–Crippen LogP) is -0.843. The third-order valence-electron chi connectivity index (χ3n) is 4.62. The number of H-pyrrole nitrogens is 1. The highest BCUT2D eigenvalue weighted by Gasteiger charge is 2.31. The zero-order valence-electron chi connectivity index (χ0n) is 18.3. The molecular formula is C19H32N6O5S2. The van der Waals surface area contributed by atoms with Crippen LogP contribution in [-0.2, 0) is 25.6 Å². The summed E-state index contributed by atoms with van der Waals surface area (Å²) in [5.74, 6) is -2.54. The Morgan fingerprint density at radius 3 is 2.31 bits per heavy atom. The van der Waals surface area contributed by atoms with Gasteiger partial charge in [-0.05, 0) is 24.3 Å². The topological polar surface area (TPSA) is 179 Å². The molecule has 0 fully saturated rings. The number of carbonyl (C=O) groups is 4. The third-order valence-corrected chi connectivity index (χ3v) is 5.65. The van der Waals surface area contributed by atoms with Crippen molar-refractivity contribution >= 4 is 48.1 Å². The molecule has 0 aliphatic carbocycles. The first-order valence-electron chi connectivity index (χ1n) is 10.1. The molecule has 0 aromatic carbocycles. The second kappa shape index (κ2) is 14.0. The number of carboxylic acid groups (broad SMARTS) is 1. The number of aromatic amines is 1. The third kappa shape index (κ3) is 9.09. The molecule has 1 aromatic rings. The van der Waals surface area contributed by atoms with Crippen LogP contribution in [-0.4, -0.2) is 80.7 Å². The standard InChI is InChI=1S/C19H32N6O5S2/c1-10(2)15(18(28)24-14(19(29)30)6-11-7-21-9-22-11)25-17(27)13(4-5-32-3)23-16(26)12(20)8-31/h7,9-10,12-15,31H,4-6,8,20H2,1-3H3,(H,21,22)(H,23,26)(H,24,28)(H,25,27)(H,29,30). The fourth-order valence-corrected chi connectivity index (χ4v) is 3.37. The van der Waals surface area contributed by atoms with Crippen LogP contribution in [0, 0.1) is 5.92 Å². The summed E-state index contributed by atoms with van der Waals surface area (Å²) in [6, 6.07) is -3.97. The van der Waals surface area contributed by atoms with E-state index in [1.807, 2.05) is 6.26 Å². The van der Waals surface area contributed by atoms with E-state index in [2.05, 4.69) is 38.5 Å². The van der Waals surface area contributed by atoms with Crippen molar-refractivity contribution in [2.75, 3.05) is 17.8 Å². The molecule has 3 amide bonds. The Hall–Kier alpha value is -2.25. The zero-order chi connectivity index (χ0) is 24.3. The second-order valence-corrected chi connectivity index (χ2v) is 8.89. The Labute approximate surface area is 196 Å². The van der Waals surface area contributed by atoms with Crippen molar-refractivity contribution in [3.8, 4) is 0 Å². The molecule has 7 N–H and O–H groups in total. The summed E-state index contributed by atoms with van der Waals surface area (Å²) in [5.41, 5.74) is 6.22. The van der Waals surface area contributed by atoms with E-state index < -0.39 is 47.9 Å². The van der Waals surface area contributed by atoms with Gasteiger partial charge >= 0.3 is 5.97 Å². The number of nitrogens with two attached hydrogens (primary N) is 1. The van der Waals surface area contributed by atoms with Crippen LogP contribution in [0.4, 0.5) is 0 Å². The Kier molecular flexibility index (Phi) is 12.2. The number of carboxylic acids is 1. The number of aliphatic carboxylic acids is 1. The number of imidazole rings is 1. The maximum atomic E-state index is 12.9. The van der Waals surface area contributed by atoms with Crippen LogP contribution in [0.15, 0.2) is 12.5 Å². The van der Waals surface area contributed by atoms with E-state index in [9.17, 15) is 24.3 Å². The van der Waals surface area contributed by atoms with Gasteiger partial charge in [0.25, 0.3) is 0 Å². The minimum atomic E-state index is -1.22. The van der Waals surface area contributed by atoms with Gasteiger partial charge in [-0.25, -0.2) is 9.78 Å². The van der Waals surface area contributed by atoms with Gasteiger partial charge in [0.15, 0.2) is 0 Å².